The number of nitrogens with zero attached hydrogens (tertiary/aromatic N) is 1. The fourth-order valence-electron chi connectivity index (χ4n) is 1.79. The third-order valence-corrected chi connectivity index (χ3v) is 3.44. The summed E-state index contributed by atoms with van der Waals surface area (Å²) in [6.07, 6.45) is 1.15. The summed E-state index contributed by atoms with van der Waals surface area (Å²) in [6, 6.07) is 5.46. The second-order valence-electron chi connectivity index (χ2n) is 4.61. The van der Waals surface area contributed by atoms with E-state index < -0.39 is 0 Å². The maximum atomic E-state index is 11.9. The molecule has 0 heterocycles. The number of rotatable bonds is 7. The number of amides is 1. The van der Waals surface area contributed by atoms with Crippen LogP contribution >= 0.6 is 11.6 Å². The quantitative estimate of drug-likeness (QED) is 0.725. The molecule has 0 spiro atoms. The van der Waals surface area contributed by atoms with Gasteiger partial charge in [0.15, 0.2) is 0 Å². The highest BCUT2D eigenvalue weighted by Crippen LogP contribution is 2.25. The molecule has 116 valence electrons. The summed E-state index contributed by atoms with van der Waals surface area (Å²) in [6.45, 7) is 0.356. The SMILES string of the molecule is COC(=O)CCN(C)C(=O)CCc1ccc(OC)c(Cl)c1. The number of hydrogen-bond donors (Lipinski definition) is 0. The molecule has 0 fully saturated rings. The van der Waals surface area contributed by atoms with Crippen LogP contribution in [0.25, 0.3) is 0 Å². The molecule has 1 aromatic carbocycles. The van der Waals surface area contributed by atoms with Gasteiger partial charge in [0.1, 0.15) is 5.75 Å². The van der Waals surface area contributed by atoms with Crippen molar-refractivity contribution in [3.63, 3.8) is 0 Å². The van der Waals surface area contributed by atoms with Crippen molar-refractivity contribution >= 4 is 23.5 Å². The third-order valence-electron chi connectivity index (χ3n) is 3.15. The van der Waals surface area contributed by atoms with Crippen molar-refractivity contribution in [3.05, 3.63) is 28.8 Å². The molecule has 0 aliphatic rings. The first-order chi connectivity index (χ1) is 9.97. The molecule has 0 saturated heterocycles. The van der Waals surface area contributed by atoms with Crippen LogP contribution in [0.2, 0.25) is 5.02 Å². The Labute approximate surface area is 129 Å². The number of ether oxygens (including phenoxy) is 2. The Morgan fingerprint density at radius 1 is 1.24 bits per heavy atom. The van der Waals surface area contributed by atoms with Crippen LogP contribution in [-0.2, 0) is 20.7 Å². The molecule has 0 aromatic heterocycles. The van der Waals surface area contributed by atoms with Gasteiger partial charge >= 0.3 is 5.97 Å². The minimum Gasteiger partial charge on any atom is -0.495 e. The first-order valence-corrected chi connectivity index (χ1v) is 6.99. The van der Waals surface area contributed by atoms with Crippen molar-refractivity contribution in [3.8, 4) is 5.75 Å². The highest BCUT2D eigenvalue weighted by Gasteiger charge is 2.11. The smallest absolute Gasteiger partial charge is 0.307 e. The van der Waals surface area contributed by atoms with E-state index in [0.717, 1.165) is 5.56 Å². The second-order valence-corrected chi connectivity index (χ2v) is 5.02. The standard InChI is InChI=1S/C15H20ClNO4/c1-17(9-8-15(19)21-3)14(18)7-5-11-4-6-13(20-2)12(16)10-11/h4,6,10H,5,7-9H2,1-3H3. The third kappa shape index (κ3) is 5.63. The Hall–Kier alpha value is -1.75. The number of esters is 1. The highest BCUT2D eigenvalue weighted by atomic mass is 35.5. The fraction of sp³-hybridized carbons (Fsp3) is 0.467. The first-order valence-electron chi connectivity index (χ1n) is 6.61. The maximum absolute atomic E-state index is 11.9. The summed E-state index contributed by atoms with van der Waals surface area (Å²) in [5.74, 6) is 0.268. The number of carbonyl (C=O) groups is 2. The highest BCUT2D eigenvalue weighted by molar-refractivity contribution is 6.32. The number of halogens is 1. The van der Waals surface area contributed by atoms with E-state index in [1.54, 1.807) is 26.3 Å². The van der Waals surface area contributed by atoms with Crippen molar-refractivity contribution in [2.45, 2.75) is 19.3 Å². The van der Waals surface area contributed by atoms with Crippen LogP contribution < -0.4 is 4.74 Å². The van der Waals surface area contributed by atoms with E-state index in [9.17, 15) is 9.59 Å². The number of methoxy groups -OCH3 is 2. The lowest BCUT2D eigenvalue weighted by Crippen LogP contribution is -2.29. The summed E-state index contributed by atoms with van der Waals surface area (Å²) in [5, 5.41) is 0.529. The van der Waals surface area contributed by atoms with Crippen LogP contribution in [-0.4, -0.2) is 44.6 Å². The molecule has 5 nitrogen and oxygen atoms in total. The number of aryl methyl sites for hydroxylation is 1. The van der Waals surface area contributed by atoms with Crippen molar-refractivity contribution in [2.24, 2.45) is 0 Å². The molecule has 0 N–H and O–H groups in total. The second kappa shape index (κ2) is 8.52. The van der Waals surface area contributed by atoms with E-state index in [1.807, 2.05) is 6.07 Å². The van der Waals surface area contributed by atoms with Gasteiger partial charge in [-0.1, -0.05) is 17.7 Å². The number of benzene rings is 1. The predicted molar refractivity (Wildman–Crippen MR) is 80.6 cm³/mol. The van der Waals surface area contributed by atoms with E-state index in [-0.39, 0.29) is 18.3 Å². The van der Waals surface area contributed by atoms with E-state index in [4.69, 9.17) is 16.3 Å². The predicted octanol–water partition coefficient (Wildman–Crippen LogP) is 2.30. The average Bonchev–Trinajstić information content (AvgIpc) is 2.49. The summed E-state index contributed by atoms with van der Waals surface area (Å²) < 4.78 is 9.62. The molecule has 0 atom stereocenters. The van der Waals surface area contributed by atoms with Crippen LogP contribution in [0.1, 0.15) is 18.4 Å². The lowest BCUT2D eigenvalue weighted by atomic mass is 10.1. The van der Waals surface area contributed by atoms with Gasteiger partial charge < -0.3 is 14.4 Å². The zero-order valence-electron chi connectivity index (χ0n) is 12.5. The van der Waals surface area contributed by atoms with Gasteiger partial charge in [-0.05, 0) is 24.1 Å². The Morgan fingerprint density at radius 2 is 1.95 bits per heavy atom. The Bertz CT molecular complexity index is 504. The Kier molecular flexibility index (Phi) is 7.02. The van der Waals surface area contributed by atoms with Gasteiger partial charge in [-0.3, -0.25) is 9.59 Å². The number of carbonyl (C=O) groups excluding carboxylic acids is 2. The fourth-order valence-corrected chi connectivity index (χ4v) is 2.07. The van der Waals surface area contributed by atoms with Gasteiger partial charge in [-0.15, -0.1) is 0 Å². The van der Waals surface area contributed by atoms with Gasteiger partial charge in [-0.2, -0.15) is 0 Å². The van der Waals surface area contributed by atoms with Crippen molar-refractivity contribution in [2.75, 3.05) is 27.8 Å². The molecule has 6 heteroatoms. The molecule has 0 unspecified atom stereocenters. The maximum Gasteiger partial charge on any atom is 0.307 e. The van der Waals surface area contributed by atoms with E-state index >= 15 is 0 Å². The molecule has 21 heavy (non-hydrogen) atoms. The Balaban J connectivity index is 2.45. The van der Waals surface area contributed by atoms with Crippen LogP contribution in [0.3, 0.4) is 0 Å². The molecule has 0 aliphatic heterocycles. The lowest BCUT2D eigenvalue weighted by Gasteiger charge is -2.16. The largest absolute Gasteiger partial charge is 0.495 e. The van der Waals surface area contributed by atoms with Crippen LogP contribution in [0.5, 0.6) is 5.75 Å². The molecule has 0 radical (unpaired) electrons. The summed E-state index contributed by atoms with van der Waals surface area (Å²) in [4.78, 5) is 24.5. The van der Waals surface area contributed by atoms with Crippen LogP contribution in [0.4, 0.5) is 0 Å². The molecule has 0 bridgehead atoms. The van der Waals surface area contributed by atoms with Crippen molar-refractivity contribution in [1.29, 1.82) is 0 Å². The number of hydrogen-bond acceptors (Lipinski definition) is 4. The Morgan fingerprint density at radius 3 is 2.52 bits per heavy atom. The summed E-state index contributed by atoms with van der Waals surface area (Å²) in [5.41, 5.74) is 0.968. The average molecular weight is 314 g/mol. The first kappa shape index (κ1) is 17.3. The molecule has 0 aliphatic carbocycles. The van der Waals surface area contributed by atoms with Gasteiger partial charge in [0.2, 0.25) is 5.91 Å². The zero-order chi connectivity index (χ0) is 15.8. The summed E-state index contributed by atoms with van der Waals surface area (Å²) >= 11 is 6.04. The van der Waals surface area contributed by atoms with Crippen molar-refractivity contribution < 1.29 is 19.1 Å². The van der Waals surface area contributed by atoms with Gasteiger partial charge in [0.05, 0.1) is 25.7 Å². The molecular formula is C15H20ClNO4. The van der Waals surface area contributed by atoms with E-state index in [1.165, 1.54) is 12.0 Å². The molecule has 0 saturated carbocycles. The zero-order valence-corrected chi connectivity index (χ0v) is 13.3. The van der Waals surface area contributed by atoms with Gasteiger partial charge in [0, 0.05) is 20.0 Å². The summed E-state index contributed by atoms with van der Waals surface area (Å²) in [7, 11) is 4.56. The van der Waals surface area contributed by atoms with Gasteiger partial charge in [0.25, 0.3) is 0 Å². The van der Waals surface area contributed by atoms with Gasteiger partial charge in [-0.25, -0.2) is 0 Å². The molecule has 1 amide bonds. The monoisotopic (exact) mass is 313 g/mol. The van der Waals surface area contributed by atoms with E-state index in [2.05, 4.69) is 4.74 Å². The van der Waals surface area contributed by atoms with Crippen LogP contribution in [0, 0.1) is 0 Å². The molecule has 1 rings (SSSR count). The van der Waals surface area contributed by atoms with E-state index in [0.29, 0.717) is 30.2 Å². The normalized spacial score (nSPS) is 10.1. The topological polar surface area (TPSA) is 55.8 Å². The van der Waals surface area contributed by atoms with Crippen LogP contribution in [0.15, 0.2) is 18.2 Å². The minimum absolute atomic E-state index is 0.0224. The molecular weight excluding hydrogens is 294 g/mol. The minimum atomic E-state index is -0.323. The van der Waals surface area contributed by atoms with Crippen molar-refractivity contribution in [1.82, 2.24) is 4.90 Å². The molecule has 1 aromatic rings. The lowest BCUT2D eigenvalue weighted by molar-refractivity contribution is -0.141.